The van der Waals surface area contributed by atoms with E-state index < -0.39 is 23.7 Å². The first kappa shape index (κ1) is 17.1. The first-order chi connectivity index (χ1) is 10.9. The maximum atomic E-state index is 13.0. The van der Waals surface area contributed by atoms with Crippen molar-refractivity contribution in [3.63, 3.8) is 0 Å². The van der Waals surface area contributed by atoms with Gasteiger partial charge in [-0.3, -0.25) is 9.59 Å². The van der Waals surface area contributed by atoms with Crippen LogP contribution in [-0.2, 0) is 14.4 Å². The highest BCUT2D eigenvalue weighted by Crippen LogP contribution is 2.22. The summed E-state index contributed by atoms with van der Waals surface area (Å²) in [6.07, 6.45) is 0.0841. The van der Waals surface area contributed by atoms with Crippen LogP contribution in [0.2, 0.25) is 0 Å². The summed E-state index contributed by atoms with van der Waals surface area (Å²) in [6, 6.07) is 4.41. The molecule has 0 aliphatic carbocycles. The van der Waals surface area contributed by atoms with E-state index in [-0.39, 0.29) is 23.7 Å². The van der Waals surface area contributed by atoms with E-state index in [1.165, 1.54) is 31.2 Å². The third-order valence-corrected chi connectivity index (χ3v) is 4.06. The van der Waals surface area contributed by atoms with Crippen LogP contribution in [0.5, 0.6) is 0 Å². The van der Waals surface area contributed by atoms with Gasteiger partial charge < -0.3 is 5.11 Å². The lowest BCUT2D eigenvalue weighted by Crippen LogP contribution is -2.38. The molecule has 0 saturated carbocycles. The van der Waals surface area contributed by atoms with Crippen LogP contribution < -0.4 is 0 Å². The van der Waals surface area contributed by atoms with Crippen LogP contribution in [0.15, 0.2) is 29.4 Å². The Morgan fingerprint density at radius 3 is 2.57 bits per heavy atom. The van der Waals surface area contributed by atoms with Gasteiger partial charge >= 0.3 is 5.97 Å². The molecule has 1 atom stereocenters. The van der Waals surface area contributed by atoms with E-state index in [1.807, 2.05) is 0 Å². The minimum atomic E-state index is -1.15. The zero-order chi connectivity index (χ0) is 17.0. The normalized spacial score (nSPS) is 17.0. The quantitative estimate of drug-likeness (QED) is 0.886. The minimum absolute atomic E-state index is 0.0220. The van der Waals surface area contributed by atoms with Gasteiger partial charge in [-0.25, -0.2) is 14.2 Å². The fraction of sp³-hybridized carbons (Fsp3) is 0.333. The van der Waals surface area contributed by atoms with Crippen LogP contribution in [0, 0.1) is 5.82 Å². The summed E-state index contributed by atoms with van der Waals surface area (Å²) in [7, 11) is 0. The summed E-state index contributed by atoms with van der Waals surface area (Å²) in [5.41, 5.74) is 0.996. The van der Waals surface area contributed by atoms with Gasteiger partial charge in [0.15, 0.2) is 11.2 Å². The number of hydrogen-bond acceptors (Lipinski definition) is 5. The van der Waals surface area contributed by atoms with Gasteiger partial charge in [0.2, 0.25) is 5.91 Å². The number of thioether (sulfide) groups is 1. The third kappa shape index (κ3) is 4.38. The van der Waals surface area contributed by atoms with Gasteiger partial charge in [0, 0.05) is 25.5 Å². The van der Waals surface area contributed by atoms with Crippen molar-refractivity contribution in [3.8, 4) is 0 Å². The number of rotatable bonds is 5. The van der Waals surface area contributed by atoms with Gasteiger partial charge in [0.25, 0.3) is 0 Å². The van der Waals surface area contributed by atoms with E-state index in [1.54, 1.807) is 0 Å². The molecule has 1 heterocycles. The van der Waals surface area contributed by atoms with E-state index in [9.17, 15) is 23.9 Å². The van der Waals surface area contributed by atoms with E-state index in [0.717, 1.165) is 16.8 Å². The fourth-order valence-corrected chi connectivity index (χ4v) is 2.71. The summed E-state index contributed by atoms with van der Waals surface area (Å²) >= 11 is 1.00. The smallest absolute Gasteiger partial charge is 0.329 e. The molecule has 1 aromatic rings. The van der Waals surface area contributed by atoms with E-state index in [0.29, 0.717) is 11.3 Å². The number of carboxylic acids is 1. The first-order valence-electron chi connectivity index (χ1n) is 6.90. The molecular weight excluding hydrogens is 323 g/mol. The molecule has 0 aromatic heterocycles. The molecule has 1 amide bonds. The van der Waals surface area contributed by atoms with Crippen LogP contribution in [0.3, 0.4) is 0 Å². The Hall–Kier alpha value is -2.22. The molecule has 0 radical (unpaired) electrons. The minimum Gasteiger partial charge on any atom is -0.480 e. The number of carbonyl (C=O) groups is 3. The van der Waals surface area contributed by atoms with Crippen LogP contribution in [0.1, 0.15) is 25.3 Å². The van der Waals surface area contributed by atoms with E-state index >= 15 is 0 Å². The number of hydrazone groups is 1. The monoisotopic (exact) mass is 338 g/mol. The van der Waals surface area contributed by atoms with Crippen molar-refractivity contribution in [3.05, 3.63) is 35.6 Å². The number of carbonyl (C=O) groups excluding carboxylic acids is 2. The zero-order valence-corrected chi connectivity index (χ0v) is 13.2. The summed E-state index contributed by atoms with van der Waals surface area (Å²) in [5.74, 6) is -1.74. The maximum absolute atomic E-state index is 13.0. The van der Waals surface area contributed by atoms with Gasteiger partial charge in [0.1, 0.15) is 5.82 Å². The maximum Gasteiger partial charge on any atom is 0.329 e. The molecule has 0 fully saturated rings. The lowest BCUT2D eigenvalue weighted by molar-refractivity contribution is -0.148. The number of hydrogen-bond donors (Lipinski definition) is 1. The van der Waals surface area contributed by atoms with Crippen molar-refractivity contribution in [1.82, 2.24) is 5.01 Å². The van der Waals surface area contributed by atoms with Crippen molar-refractivity contribution in [2.75, 3.05) is 5.75 Å². The average Bonchev–Trinajstić information content (AvgIpc) is 2.93. The molecule has 1 aliphatic rings. The Balaban J connectivity index is 2.14. The molecule has 0 spiro atoms. The highest BCUT2D eigenvalue weighted by molar-refractivity contribution is 8.13. The van der Waals surface area contributed by atoms with Gasteiger partial charge in [-0.1, -0.05) is 23.9 Å². The molecule has 1 unspecified atom stereocenters. The summed E-state index contributed by atoms with van der Waals surface area (Å²) < 4.78 is 13.0. The standard InChI is InChI=1S/C15H15FN2O4S/c1-9(19)23-7-6-14(20)18-13(15(21)22)8-12(17-18)10-2-4-11(16)5-3-10/h2-5,13H,6-8H2,1H3,(H,21,22). The summed E-state index contributed by atoms with van der Waals surface area (Å²) in [6.45, 7) is 1.40. The number of benzene rings is 1. The number of aliphatic carboxylic acids is 1. The molecule has 122 valence electrons. The average molecular weight is 338 g/mol. The topological polar surface area (TPSA) is 87.0 Å². The van der Waals surface area contributed by atoms with Crippen molar-refractivity contribution in [1.29, 1.82) is 0 Å². The molecule has 1 aliphatic heterocycles. The first-order valence-corrected chi connectivity index (χ1v) is 7.88. The number of halogens is 1. The predicted molar refractivity (Wildman–Crippen MR) is 83.6 cm³/mol. The van der Waals surface area contributed by atoms with Crippen LogP contribution in [0.4, 0.5) is 4.39 Å². The van der Waals surface area contributed by atoms with Crippen LogP contribution in [0.25, 0.3) is 0 Å². The van der Waals surface area contributed by atoms with Crippen molar-refractivity contribution in [2.24, 2.45) is 5.10 Å². The SMILES string of the molecule is CC(=O)SCCC(=O)N1N=C(c2ccc(F)cc2)CC1C(=O)O. The molecule has 0 saturated heterocycles. The molecule has 0 bridgehead atoms. The second-order valence-corrected chi connectivity index (χ2v) is 6.21. The van der Waals surface area contributed by atoms with Gasteiger partial charge in [-0.05, 0) is 17.7 Å². The largest absolute Gasteiger partial charge is 0.480 e. The number of carboxylic acid groups (broad SMARTS) is 1. The Morgan fingerprint density at radius 2 is 2.00 bits per heavy atom. The predicted octanol–water partition coefficient (Wildman–Crippen LogP) is 1.89. The summed E-state index contributed by atoms with van der Waals surface area (Å²) in [4.78, 5) is 34.4. The van der Waals surface area contributed by atoms with E-state index in [4.69, 9.17) is 0 Å². The Bertz CT molecular complexity index is 660. The lowest BCUT2D eigenvalue weighted by atomic mass is 10.0. The third-order valence-electron chi connectivity index (χ3n) is 3.25. The second-order valence-electron chi connectivity index (χ2n) is 4.94. The zero-order valence-electron chi connectivity index (χ0n) is 12.4. The molecule has 6 nitrogen and oxygen atoms in total. The van der Waals surface area contributed by atoms with Gasteiger partial charge in [0.05, 0.1) is 5.71 Å². The highest BCUT2D eigenvalue weighted by Gasteiger charge is 2.36. The Labute approximate surface area is 136 Å². The van der Waals surface area contributed by atoms with Crippen molar-refractivity contribution in [2.45, 2.75) is 25.8 Å². The molecule has 2 rings (SSSR count). The number of nitrogens with zero attached hydrogens (tertiary/aromatic N) is 2. The Kier molecular flexibility index (Phi) is 5.49. The van der Waals surface area contributed by atoms with Gasteiger partial charge in [-0.2, -0.15) is 5.10 Å². The van der Waals surface area contributed by atoms with E-state index in [2.05, 4.69) is 5.10 Å². The molecule has 8 heteroatoms. The fourth-order valence-electron chi connectivity index (χ4n) is 2.15. The van der Waals surface area contributed by atoms with Crippen molar-refractivity contribution < 1.29 is 23.9 Å². The van der Waals surface area contributed by atoms with Gasteiger partial charge in [-0.15, -0.1) is 0 Å². The van der Waals surface area contributed by atoms with Crippen LogP contribution in [-0.4, -0.2) is 44.6 Å². The molecular formula is C15H15FN2O4S. The second kappa shape index (κ2) is 7.36. The highest BCUT2D eigenvalue weighted by atomic mass is 32.2. The Morgan fingerprint density at radius 1 is 1.35 bits per heavy atom. The molecule has 1 N–H and O–H groups in total. The van der Waals surface area contributed by atoms with Crippen LogP contribution >= 0.6 is 11.8 Å². The molecule has 1 aromatic carbocycles. The molecule has 23 heavy (non-hydrogen) atoms. The summed E-state index contributed by atoms with van der Waals surface area (Å²) in [5, 5.41) is 14.2. The van der Waals surface area contributed by atoms with Crippen molar-refractivity contribution >= 4 is 34.5 Å². The number of amides is 1. The lowest BCUT2D eigenvalue weighted by Gasteiger charge is -2.17.